The van der Waals surface area contributed by atoms with Gasteiger partial charge in [0.25, 0.3) is 0 Å². The van der Waals surface area contributed by atoms with Crippen molar-refractivity contribution in [1.29, 1.82) is 0 Å². The third-order valence-electron chi connectivity index (χ3n) is 8.03. The number of rotatable bonds is 7. The summed E-state index contributed by atoms with van der Waals surface area (Å²) in [6.07, 6.45) is 7.06. The van der Waals surface area contributed by atoms with Gasteiger partial charge in [0.05, 0.1) is 0 Å². The van der Waals surface area contributed by atoms with E-state index < -0.39 is 0 Å². The molecule has 1 aliphatic carbocycles. The first kappa shape index (κ1) is 22.0. The van der Waals surface area contributed by atoms with Gasteiger partial charge in [0.15, 0.2) is 0 Å². The zero-order valence-corrected chi connectivity index (χ0v) is 19.2. The van der Waals surface area contributed by atoms with Crippen LogP contribution in [-0.4, -0.2) is 0 Å². The Labute approximate surface area is 154 Å². The van der Waals surface area contributed by atoms with Gasteiger partial charge in [-0.2, -0.15) is 0 Å². The Balaban J connectivity index is 3.00. The van der Waals surface area contributed by atoms with Crippen molar-refractivity contribution in [2.75, 3.05) is 0 Å². The summed E-state index contributed by atoms with van der Waals surface area (Å²) in [5.74, 6) is 1.61. The molecule has 1 rings (SSSR count). The van der Waals surface area contributed by atoms with E-state index in [0.717, 1.165) is 5.92 Å². The number of hydrogen-bond acceptors (Lipinski definition) is 0. The summed E-state index contributed by atoms with van der Waals surface area (Å²) in [5.41, 5.74) is 2.17. The molecule has 2 atom stereocenters. The largest absolute Gasteiger partial charge is 0.0651 e. The van der Waals surface area contributed by atoms with Crippen molar-refractivity contribution < 1.29 is 0 Å². The van der Waals surface area contributed by atoms with Gasteiger partial charge in [-0.1, -0.05) is 89.5 Å². The fourth-order valence-electron chi connectivity index (χ4n) is 5.20. The molecule has 0 heteroatoms. The molecule has 0 heterocycles. The maximum absolute atomic E-state index is 2.55. The lowest BCUT2D eigenvalue weighted by molar-refractivity contribution is -0.0347. The van der Waals surface area contributed by atoms with Crippen LogP contribution in [0.4, 0.5) is 0 Å². The lowest BCUT2D eigenvalue weighted by Gasteiger charge is -2.52. The minimum Gasteiger partial charge on any atom is -0.0651 e. The highest BCUT2D eigenvalue weighted by molar-refractivity contribution is 5.05. The third kappa shape index (κ3) is 4.79. The Hall–Kier alpha value is 0. The van der Waals surface area contributed by atoms with E-state index in [-0.39, 0.29) is 0 Å². The van der Waals surface area contributed by atoms with Gasteiger partial charge in [-0.05, 0) is 64.6 Å². The highest BCUT2D eigenvalue weighted by Gasteiger charge is 2.55. The van der Waals surface area contributed by atoms with E-state index in [1.807, 2.05) is 0 Å². The normalized spacial score (nSPS) is 21.5. The lowest BCUT2D eigenvalue weighted by atomic mass is 9.52. The molecule has 24 heavy (non-hydrogen) atoms. The van der Waals surface area contributed by atoms with Crippen LogP contribution in [0, 0.1) is 38.9 Å². The van der Waals surface area contributed by atoms with Crippen LogP contribution in [0.1, 0.15) is 115 Å². The van der Waals surface area contributed by atoms with E-state index in [9.17, 15) is 0 Å². The topological polar surface area (TPSA) is 0 Å². The molecule has 0 aromatic heterocycles. The maximum atomic E-state index is 2.55. The minimum absolute atomic E-state index is 0.348. The fraction of sp³-hybridized carbons (Fsp3) is 1.00. The van der Waals surface area contributed by atoms with Crippen molar-refractivity contribution >= 4 is 0 Å². The van der Waals surface area contributed by atoms with Gasteiger partial charge in [-0.25, -0.2) is 0 Å². The van der Waals surface area contributed by atoms with E-state index >= 15 is 0 Å². The average Bonchev–Trinajstić information content (AvgIpc) is 3.12. The first-order valence-electron chi connectivity index (χ1n) is 10.5. The summed E-state index contributed by atoms with van der Waals surface area (Å²) < 4.78 is 0. The molecule has 0 aliphatic heterocycles. The Morgan fingerprint density at radius 3 is 1.58 bits per heavy atom. The molecule has 1 fully saturated rings. The van der Waals surface area contributed by atoms with Gasteiger partial charge < -0.3 is 0 Å². The van der Waals surface area contributed by atoms with Crippen molar-refractivity contribution in [2.45, 2.75) is 115 Å². The highest BCUT2D eigenvalue weighted by Crippen LogP contribution is 2.65. The zero-order valence-electron chi connectivity index (χ0n) is 19.2. The highest BCUT2D eigenvalue weighted by atomic mass is 14.6. The monoisotopic (exact) mass is 336 g/mol. The molecular formula is C24H48. The summed E-state index contributed by atoms with van der Waals surface area (Å²) in [6, 6.07) is 0. The Bertz CT molecular complexity index is 406. The van der Waals surface area contributed by atoms with Gasteiger partial charge in [-0.3, -0.25) is 0 Å². The summed E-state index contributed by atoms with van der Waals surface area (Å²) in [5, 5.41) is 0. The Morgan fingerprint density at radius 1 is 0.833 bits per heavy atom. The van der Waals surface area contributed by atoms with Crippen LogP contribution in [0.3, 0.4) is 0 Å². The van der Waals surface area contributed by atoms with E-state index in [1.165, 1.54) is 32.1 Å². The Morgan fingerprint density at radius 2 is 1.29 bits per heavy atom. The van der Waals surface area contributed by atoms with Crippen molar-refractivity contribution in [2.24, 2.45) is 38.9 Å². The second kappa shape index (κ2) is 6.62. The van der Waals surface area contributed by atoms with E-state index in [1.54, 1.807) is 0 Å². The van der Waals surface area contributed by atoms with E-state index in [2.05, 4.69) is 83.1 Å². The molecule has 0 bridgehead atoms. The van der Waals surface area contributed by atoms with Crippen molar-refractivity contribution in [3.8, 4) is 0 Å². The van der Waals surface area contributed by atoms with Crippen LogP contribution in [0.5, 0.6) is 0 Å². The molecule has 0 nitrogen and oxygen atoms in total. The first-order valence-corrected chi connectivity index (χ1v) is 10.5. The average molecular weight is 337 g/mol. The van der Waals surface area contributed by atoms with Crippen molar-refractivity contribution in [1.82, 2.24) is 0 Å². The standard InChI is InChI=1S/C24H48/c1-13-19(16-20(3,4)5)24(14-15-24)17-22(9,10)23(11,12)18(2)21(6,7)8/h18-19H,13-17H2,1-12H3. The van der Waals surface area contributed by atoms with E-state index in [4.69, 9.17) is 0 Å². The molecule has 2 unspecified atom stereocenters. The van der Waals surface area contributed by atoms with Gasteiger partial charge in [0.1, 0.15) is 0 Å². The summed E-state index contributed by atoms with van der Waals surface area (Å²) in [7, 11) is 0. The molecule has 0 aromatic carbocycles. The van der Waals surface area contributed by atoms with Gasteiger partial charge in [0, 0.05) is 0 Å². The smallest absolute Gasteiger partial charge is 0.0263 e. The SMILES string of the molecule is CCC(CC(C)(C)C)C1(CC(C)(C)C(C)(C)C(C)C(C)(C)C)CC1. The molecule has 1 saturated carbocycles. The van der Waals surface area contributed by atoms with Crippen LogP contribution in [-0.2, 0) is 0 Å². The van der Waals surface area contributed by atoms with Crippen molar-refractivity contribution in [3.63, 3.8) is 0 Å². The zero-order chi connectivity index (χ0) is 19.2. The molecule has 144 valence electrons. The lowest BCUT2D eigenvalue weighted by Crippen LogP contribution is -2.45. The Kier molecular flexibility index (Phi) is 6.08. The van der Waals surface area contributed by atoms with Gasteiger partial charge in [0.2, 0.25) is 0 Å². The minimum atomic E-state index is 0.348. The van der Waals surface area contributed by atoms with Crippen LogP contribution < -0.4 is 0 Å². The van der Waals surface area contributed by atoms with Crippen LogP contribution >= 0.6 is 0 Å². The molecule has 0 amide bonds. The predicted molar refractivity (Wildman–Crippen MR) is 110 cm³/mol. The molecule has 1 aliphatic rings. The second-order valence-electron chi connectivity index (χ2n) is 12.6. The first-order chi connectivity index (χ1) is 10.5. The molecule has 0 saturated heterocycles. The van der Waals surface area contributed by atoms with Gasteiger partial charge >= 0.3 is 0 Å². The van der Waals surface area contributed by atoms with Gasteiger partial charge in [-0.15, -0.1) is 0 Å². The quantitative estimate of drug-likeness (QED) is 0.438. The molecule has 0 radical (unpaired) electrons. The predicted octanol–water partition coefficient (Wildman–Crippen LogP) is 8.35. The summed E-state index contributed by atoms with van der Waals surface area (Å²) in [6.45, 7) is 29.6. The molecule has 0 N–H and O–H groups in total. The van der Waals surface area contributed by atoms with Crippen molar-refractivity contribution in [3.05, 3.63) is 0 Å². The second-order valence-corrected chi connectivity index (χ2v) is 12.6. The summed E-state index contributed by atoms with van der Waals surface area (Å²) in [4.78, 5) is 0. The fourth-order valence-corrected chi connectivity index (χ4v) is 5.20. The van der Waals surface area contributed by atoms with Crippen LogP contribution in [0.25, 0.3) is 0 Å². The molecule has 0 spiro atoms. The molecule has 0 aromatic rings. The third-order valence-corrected chi connectivity index (χ3v) is 8.03. The van der Waals surface area contributed by atoms with Crippen LogP contribution in [0.15, 0.2) is 0 Å². The van der Waals surface area contributed by atoms with E-state index in [0.29, 0.717) is 33.0 Å². The van der Waals surface area contributed by atoms with Crippen LogP contribution in [0.2, 0.25) is 0 Å². The maximum Gasteiger partial charge on any atom is -0.0263 e. The number of hydrogen-bond donors (Lipinski definition) is 0. The summed E-state index contributed by atoms with van der Waals surface area (Å²) >= 11 is 0. The molecular weight excluding hydrogens is 288 g/mol.